The van der Waals surface area contributed by atoms with Gasteiger partial charge in [0.2, 0.25) is 8.32 Å². The van der Waals surface area contributed by atoms with Gasteiger partial charge in [-0.15, -0.1) is 0 Å². The summed E-state index contributed by atoms with van der Waals surface area (Å²) in [6.45, 7) is 26.1. The Hall–Kier alpha value is 1.01. The Balaban J connectivity index is 0.000000272. The molecule has 4 fully saturated rings. The standard InChI is InChI=1S/C12H19F3O2Si2.C8H28O12Si9.C3H10OSi/c1-16-19(4,5)17-18(2,3)11-8-6-7-10(9-11)12(13,14)15;1-22-10-24(3)14-26(5)12-23(2,9-21)13-27(6)15-25(4,11-22)17-28(7,16-24)20-29(8,18-26)19-27;1-4-5(2)3/h6-9H,1-5H3;22H,1-8,21H3;5H,1-3H3. The lowest BCUT2D eigenvalue weighted by molar-refractivity contribution is -0.137. The van der Waals surface area contributed by atoms with Gasteiger partial charge in [0.1, 0.15) is 10.5 Å². The maximum absolute atomic E-state index is 12.7. The maximum Gasteiger partial charge on any atom is 0.475 e. The molecule has 0 N–H and O–H groups in total. The number of alkyl halides is 3. The van der Waals surface area contributed by atoms with Crippen molar-refractivity contribution in [2.45, 2.75) is 97.8 Å². The molecule has 0 aliphatic carbocycles. The first-order valence-corrected chi connectivity index (χ1v) is 43.9. The highest BCUT2D eigenvalue weighted by Crippen LogP contribution is 2.43. The molecule has 4 saturated heterocycles. The van der Waals surface area contributed by atoms with Crippen molar-refractivity contribution in [1.29, 1.82) is 0 Å². The fourth-order valence-corrected chi connectivity index (χ4v) is 55.1. The van der Waals surface area contributed by atoms with Gasteiger partial charge in [0, 0.05) is 60.0 Å². The summed E-state index contributed by atoms with van der Waals surface area (Å²) in [6, 6.07) is 5.39. The molecular weight excluding hydrogens is 910 g/mol. The SMILES string of the molecule is CO[SiH](C)C.CO[Si](C)(C)O[Si](C)(C)c1cccc(C(F)(F)F)c1.C[SiH]1O[Si]2(C)O[Si]3(C)O[Si](C)(O[SiH3])O[Si]4(C)O[Si](C)(O1)O[Si](C)(O2)O[Si](C)(O3)O4. The van der Waals surface area contributed by atoms with Gasteiger partial charge in [-0.1, -0.05) is 18.2 Å². The van der Waals surface area contributed by atoms with Crippen LogP contribution >= 0.6 is 0 Å². The molecule has 4 unspecified atom stereocenters. The van der Waals surface area contributed by atoms with Gasteiger partial charge >= 0.3 is 85.7 Å². The van der Waals surface area contributed by atoms with E-state index in [-0.39, 0.29) is 0 Å². The molecule has 0 aromatic heterocycles. The highest BCUT2D eigenvalue weighted by atomic mass is 28.6. The van der Waals surface area contributed by atoms with Crippen molar-refractivity contribution in [3.63, 3.8) is 0 Å². The molecule has 0 spiro atoms. The van der Waals surface area contributed by atoms with E-state index in [1.165, 1.54) is 12.1 Å². The van der Waals surface area contributed by atoms with E-state index < -0.39 is 109 Å². The highest BCUT2D eigenvalue weighted by Gasteiger charge is 2.73. The highest BCUT2D eigenvalue weighted by molar-refractivity contribution is 6.99. The average Bonchev–Trinajstić information content (AvgIpc) is 2.92. The van der Waals surface area contributed by atoms with Crippen molar-refractivity contribution in [3.05, 3.63) is 29.8 Å². The molecule has 0 radical (unpaired) electrons. The Bertz CT molecular complexity index is 1370. The van der Waals surface area contributed by atoms with E-state index in [1.807, 2.05) is 32.7 Å². The van der Waals surface area contributed by atoms with Crippen LogP contribution in [-0.2, 0) is 68.5 Å². The molecular formula is C23H57F3O15Si12. The van der Waals surface area contributed by atoms with E-state index in [1.54, 1.807) is 66.1 Å². The number of rotatable bonds is 6. The zero-order valence-corrected chi connectivity index (χ0v) is 47.0. The molecule has 15 nitrogen and oxygen atoms in total. The summed E-state index contributed by atoms with van der Waals surface area (Å²) >= 11 is 0. The molecule has 4 aliphatic rings. The van der Waals surface area contributed by atoms with Crippen LogP contribution in [0.1, 0.15) is 5.56 Å². The van der Waals surface area contributed by atoms with Crippen LogP contribution in [0.5, 0.6) is 0 Å². The molecule has 30 heteroatoms. The molecule has 0 amide bonds. The van der Waals surface area contributed by atoms with Gasteiger partial charge < -0.3 is 62.3 Å². The normalized spacial score (nSPS) is 39.0. The Labute approximate surface area is 328 Å². The van der Waals surface area contributed by atoms with Crippen molar-refractivity contribution < 1.29 is 75.5 Å². The van der Waals surface area contributed by atoms with Crippen molar-refractivity contribution in [2.75, 3.05) is 14.2 Å². The van der Waals surface area contributed by atoms with E-state index in [0.29, 0.717) is 15.7 Å². The van der Waals surface area contributed by atoms with Gasteiger partial charge in [-0.05, 0) is 57.1 Å². The monoisotopic (exact) mass is 966 g/mol. The van der Waals surface area contributed by atoms with Gasteiger partial charge in [0.25, 0.3) is 0 Å². The Morgan fingerprint density at radius 2 is 1.08 bits per heavy atom. The summed E-state index contributed by atoms with van der Waals surface area (Å²) in [5.41, 5.74) is -0.633. The van der Waals surface area contributed by atoms with E-state index in [9.17, 15) is 13.2 Å². The summed E-state index contributed by atoms with van der Waals surface area (Å²) in [5.74, 6) is 0. The zero-order chi connectivity index (χ0) is 40.7. The summed E-state index contributed by atoms with van der Waals surface area (Å²) in [5, 5.41) is 0.625. The van der Waals surface area contributed by atoms with Crippen LogP contribution in [0, 0.1) is 0 Å². The second-order valence-electron chi connectivity index (χ2n) is 14.5. The minimum atomic E-state index is -4.32. The Morgan fingerprint density at radius 3 is 1.42 bits per heavy atom. The van der Waals surface area contributed by atoms with E-state index >= 15 is 0 Å². The third kappa shape index (κ3) is 13.5. The lowest BCUT2D eigenvalue weighted by Crippen LogP contribution is -2.81. The zero-order valence-electron chi connectivity index (χ0n) is 33.7. The van der Waals surface area contributed by atoms with Crippen molar-refractivity contribution in [2.24, 2.45) is 0 Å². The number of halogens is 3. The lowest BCUT2D eigenvalue weighted by atomic mass is 10.2. The van der Waals surface area contributed by atoms with Crippen LogP contribution in [0.15, 0.2) is 24.3 Å². The second kappa shape index (κ2) is 16.9. The Kier molecular flexibility index (Phi) is 15.5. The van der Waals surface area contributed by atoms with Crippen molar-refractivity contribution >= 4 is 113 Å². The van der Waals surface area contributed by atoms with Crippen LogP contribution in [0.2, 0.25) is 91.7 Å². The van der Waals surface area contributed by atoms with Gasteiger partial charge in [-0.2, -0.15) is 13.2 Å². The summed E-state index contributed by atoms with van der Waals surface area (Å²) in [4.78, 5) is 0. The third-order valence-corrected chi connectivity index (χ3v) is 51.2. The van der Waals surface area contributed by atoms with Gasteiger partial charge in [0.15, 0.2) is 9.04 Å². The quantitative estimate of drug-likeness (QED) is 0.385. The van der Waals surface area contributed by atoms with Crippen LogP contribution in [0.3, 0.4) is 0 Å². The summed E-state index contributed by atoms with van der Waals surface area (Å²) in [7, 11) is -27.4. The molecule has 5 rings (SSSR count). The molecule has 6 bridgehead atoms. The second-order valence-corrected chi connectivity index (χ2v) is 48.8. The van der Waals surface area contributed by atoms with E-state index in [2.05, 4.69) is 13.1 Å². The number of hydrogen-bond donors (Lipinski definition) is 0. The number of fused-ring (bicyclic) bond motifs is 4. The molecule has 4 heterocycles. The van der Waals surface area contributed by atoms with Crippen LogP contribution in [0.4, 0.5) is 13.2 Å². The first-order valence-electron chi connectivity index (χ1n) is 17.0. The third-order valence-electron chi connectivity index (χ3n) is 7.82. The average molecular weight is 968 g/mol. The van der Waals surface area contributed by atoms with E-state index in [4.69, 9.17) is 62.3 Å². The maximum atomic E-state index is 12.7. The predicted molar refractivity (Wildman–Crippen MR) is 217 cm³/mol. The fourth-order valence-electron chi connectivity index (χ4n) is 5.94. The molecule has 0 saturated carbocycles. The van der Waals surface area contributed by atoms with Crippen LogP contribution in [0.25, 0.3) is 0 Å². The smallest absolute Gasteiger partial charge is 0.432 e. The molecule has 53 heavy (non-hydrogen) atoms. The van der Waals surface area contributed by atoms with E-state index in [0.717, 1.165) is 6.07 Å². The molecule has 4 aliphatic heterocycles. The molecule has 4 atom stereocenters. The summed E-state index contributed by atoms with van der Waals surface area (Å²) < 4.78 is 131. The fraction of sp³-hybridized carbons (Fsp3) is 0.739. The molecule has 1 aromatic rings. The topological polar surface area (TPSA) is 138 Å². The summed E-state index contributed by atoms with van der Waals surface area (Å²) in [6.07, 6.45) is -4.32. The molecule has 1 aromatic carbocycles. The van der Waals surface area contributed by atoms with Gasteiger partial charge in [-0.3, -0.25) is 0 Å². The number of benzene rings is 1. The van der Waals surface area contributed by atoms with Crippen molar-refractivity contribution in [3.8, 4) is 0 Å². The van der Waals surface area contributed by atoms with Crippen molar-refractivity contribution in [1.82, 2.24) is 0 Å². The number of hydrogen-bond acceptors (Lipinski definition) is 15. The first kappa shape index (κ1) is 48.4. The Morgan fingerprint density at radius 1 is 0.698 bits per heavy atom. The van der Waals surface area contributed by atoms with Gasteiger partial charge in [0.05, 0.1) is 5.56 Å². The van der Waals surface area contributed by atoms with Gasteiger partial charge in [-0.25, -0.2) is 0 Å². The lowest BCUT2D eigenvalue weighted by Gasteiger charge is -2.56. The van der Waals surface area contributed by atoms with Crippen LogP contribution < -0.4 is 5.19 Å². The van der Waals surface area contributed by atoms with Crippen LogP contribution in [-0.4, -0.2) is 122 Å². The first-order chi connectivity index (χ1) is 23.8. The predicted octanol–water partition coefficient (Wildman–Crippen LogP) is 3.45. The minimum Gasteiger partial charge on any atom is -0.432 e. The largest absolute Gasteiger partial charge is 0.475 e. The minimum absolute atomic E-state index is 0.389. The molecule has 308 valence electrons.